The van der Waals surface area contributed by atoms with E-state index in [2.05, 4.69) is 30.8 Å². The maximum atomic E-state index is 12.2. The highest BCUT2D eigenvalue weighted by Crippen LogP contribution is 2.29. The van der Waals surface area contributed by atoms with Crippen molar-refractivity contribution >= 4 is 42.4 Å². The molecule has 0 atom stereocenters. The molecule has 0 bridgehead atoms. The van der Waals surface area contributed by atoms with Crippen LogP contribution in [0.2, 0.25) is 0 Å². The van der Waals surface area contributed by atoms with Gasteiger partial charge in [0.05, 0.1) is 0 Å². The lowest BCUT2D eigenvalue weighted by molar-refractivity contribution is 0.245. The van der Waals surface area contributed by atoms with E-state index in [4.69, 9.17) is 9.52 Å². The van der Waals surface area contributed by atoms with Crippen molar-refractivity contribution in [3.63, 3.8) is 0 Å². The van der Waals surface area contributed by atoms with Gasteiger partial charge in [-0.3, -0.25) is 4.72 Å². The van der Waals surface area contributed by atoms with Crippen molar-refractivity contribution in [3.8, 4) is 0 Å². The van der Waals surface area contributed by atoms with Crippen LogP contribution in [0.5, 0.6) is 0 Å². The molecule has 0 radical (unpaired) electrons. The van der Waals surface area contributed by atoms with Crippen LogP contribution >= 0.6 is 27.3 Å². The van der Waals surface area contributed by atoms with Gasteiger partial charge in [0.2, 0.25) is 5.13 Å². The number of hydrogen-bond donors (Lipinski definition) is 2. The molecule has 2 heterocycles. The molecule has 0 aliphatic carbocycles. The number of aliphatic hydroxyl groups excluding tert-OH is 1. The van der Waals surface area contributed by atoms with Crippen molar-refractivity contribution in [1.29, 1.82) is 0 Å². The Labute approximate surface area is 134 Å². The van der Waals surface area contributed by atoms with Gasteiger partial charge in [0.15, 0.2) is 4.67 Å². The molecule has 2 N–H and O–H groups in total. The van der Waals surface area contributed by atoms with Crippen LogP contribution < -0.4 is 4.72 Å². The first-order chi connectivity index (χ1) is 9.81. The molecule has 0 aliphatic rings. The zero-order chi connectivity index (χ0) is 15.6. The van der Waals surface area contributed by atoms with Crippen molar-refractivity contribution < 1.29 is 17.9 Å². The largest absolute Gasteiger partial charge is 0.450 e. The van der Waals surface area contributed by atoms with Crippen LogP contribution in [0.15, 0.2) is 20.0 Å². The third-order valence-electron chi connectivity index (χ3n) is 2.42. The van der Waals surface area contributed by atoms with Gasteiger partial charge in [-0.15, -0.1) is 10.2 Å². The standard InChI is InChI=1S/C11H14BrN3O4S2/c1-6(2)3-9-13-14-11(20-9)15-21(17,18)8-4-7(5-16)19-10(8)12/h4,6,16H,3,5H2,1-2H3,(H,14,15). The van der Waals surface area contributed by atoms with Gasteiger partial charge >= 0.3 is 0 Å². The van der Waals surface area contributed by atoms with Crippen LogP contribution in [0.25, 0.3) is 0 Å². The molecule has 10 heteroatoms. The van der Waals surface area contributed by atoms with Gasteiger partial charge in [-0.1, -0.05) is 25.2 Å². The van der Waals surface area contributed by atoms with E-state index in [0.717, 1.165) is 11.4 Å². The molecule has 0 unspecified atom stereocenters. The predicted molar refractivity (Wildman–Crippen MR) is 81.6 cm³/mol. The normalized spacial score (nSPS) is 12.0. The molecule has 116 valence electrons. The fourth-order valence-corrected chi connectivity index (χ4v) is 4.74. The molecular formula is C11H14BrN3O4S2. The molecule has 0 amide bonds. The zero-order valence-corrected chi connectivity index (χ0v) is 14.5. The molecule has 0 saturated carbocycles. The molecule has 2 aromatic heterocycles. The summed E-state index contributed by atoms with van der Waals surface area (Å²) in [5.74, 6) is 0.567. The summed E-state index contributed by atoms with van der Waals surface area (Å²) in [6.45, 7) is 3.71. The molecular weight excluding hydrogens is 382 g/mol. The summed E-state index contributed by atoms with van der Waals surface area (Å²) >= 11 is 4.21. The lowest BCUT2D eigenvalue weighted by Crippen LogP contribution is -2.12. The number of sulfonamides is 1. The van der Waals surface area contributed by atoms with Crippen LogP contribution in [0, 0.1) is 5.92 Å². The molecule has 0 saturated heterocycles. The Morgan fingerprint density at radius 1 is 1.48 bits per heavy atom. The highest BCUT2D eigenvalue weighted by Gasteiger charge is 2.24. The maximum absolute atomic E-state index is 12.2. The van der Waals surface area contributed by atoms with Gasteiger partial charge in [0.1, 0.15) is 22.3 Å². The average Bonchev–Trinajstić information content (AvgIpc) is 2.95. The summed E-state index contributed by atoms with van der Waals surface area (Å²) in [5.41, 5.74) is 0. The third kappa shape index (κ3) is 4.02. The van der Waals surface area contributed by atoms with Crippen molar-refractivity contribution in [2.24, 2.45) is 5.92 Å². The van der Waals surface area contributed by atoms with E-state index in [0.29, 0.717) is 5.92 Å². The summed E-state index contributed by atoms with van der Waals surface area (Å²) in [7, 11) is -3.84. The molecule has 0 aliphatic heterocycles. The third-order valence-corrected chi connectivity index (χ3v) is 5.61. The number of anilines is 1. The minimum atomic E-state index is -3.84. The Kier molecular flexibility index (Phi) is 5.02. The van der Waals surface area contributed by atoms with E-state index in [9.17, 15) is 8.42 Å². The lowest BCUT2D eigenvalue weighted by Gasteiger charge is -2.01. The van der Waals surface area contributed by atoms with Crippen LogP contribution in [0.3, 0.4) is 0 Å². The van der Waals surface area contributed by atoms with E-state index >= 15 is 0 Å². The number of rotatable bonds is 6. The van der Waals surface area contributed by atoms with E-state index in [1.54, 1.807) is 0 Å². The fourth-order valence-electron chi connectivity index (χ4n) is 1.56. The molecule has 0 aromatic carbocycles. The molecule has 2 aromatic rings. The number of aromatic nitrogens is 2. The quantitative estimate of drug-likeness (QED) is 0.777. The fraction of sp³-hybridized carbons (Fsp3) is 0.455. The summed E-state index contributed by atoms with van der Waals surface area (Å²) in [6.07, 6.45) is 0.740. The number of aliphatic hydroxyl groups is 1. The molecule has 2 rings (SSSR count). The number of furan rings is 1. The van der Waals surface area contributed by atoms with Gasteiger partial charge in [-0.25, -0.2) is 8.42 Å². The highest BCUT2D eigenvalue weighted by atomic mass is 79.9. The first kappa shape index (κ1) is 16.4. The number of hydrogen-bond acceptors (Lipinski definition) is 7. The summed E-state index contributed by atoms with van der Waals surface area (Å²) < 4.78 is 31.9. The van der Waals surface area contributed by atoms with Crippen molar-refractivity contribution in [2.45, 2.75) is 31.8 Å². The summed E-state index contributed by atoms with van der Waals surface area (Å²) in [5, 5.41) is 17.7. The second-order valence-corrected chi connectivity index (χ2v) is 8.15. The monoisotopic (exact) mass is 395 g/mol. The van der Waals surface area contributed by atoms with Crippen molar-refractivity contribution in [2.75, 3.05) is 4.72 Å². The van der Waals surface area contributed by atoms with Crippen LogP contribution in [-0.2, 0) is 23.1 Å². The SMILES string of the molecule is CC(C)Cc1nnc(NS(=O)(=O)c2cc(CO)oc2Br)s1. The topological polar surface area (TPSA) is 105 Å². The highest BCUT2D eigenvalue weighted by molar-refractivity contribution is 9.10. The minimum absolute atomic E-state index is 0.0333. The Hall–Kier alpha value is -0.970. The second-order valence-electron chi connectivity index (χ2n) is 4.71. The van der Waals surface area contributed by atoms with Crippen LogP contribution in [-0.4, -0.2) is 23.7 Å². The predicted octanol–water partition coefficient (Wildman–Crippen LogP) is 2.39. The van der Waals surface area contributed by atoms with Gasteiger partial charge in [-0.2, -0.15) is 0 Å². The second kappa shape index (κ2) is 6.42. The first-order valence-corrected chi connectivity index (χ1v) is 9.15. The Morgan fingerprint density at radius 2 is 2.19 bits per heavy atom. The van der Waals surface area contributed by atoms with E-state index in [1.165, 1.54) is 17.4 Å². The van der Waals surface area contributed by atoms with Crippen LogP contribution in [0.4, 0.5) is 5.13 Å². The Bertz CT molecular complexity index is 724. The number of nitrogens with zero attached hydrogens (tertiary/aromatic N) is 2. The minimum Gasteiger partial charge on any atom is -0.450 e. The maximum Gasteiger partial charge on any atom is 0.268 e. The van der Waals surface area contributed by atoms with Gasteiger partial charge < -0.3 is 9.52 Å². The Morgan fingerprint density at radius 3 is 2.76 bits per heavy atom. The Balaban J connectivity index is 2.20. The number of nitrogens with one attached hydrogen (secondary N) is 1. The zero-order valence-electron chi connectivity index (χ0n) is 11.3. The van der Waals surface area contributed by atoms with Gasteiger partial charge in [0.25, 0.3) is 10.0 Å². The van der Waals surface area contributed by atoms with Gasteiger partial charge in [-0.05, 0) is 21.8 Å². The molecule has 21 heavy (non-hydrogen) atoms. The molecule has 0 spiro atoms. The molecule has 7 nitrogen and oxygen atoms in total. The average molecular weight is 396 g/mol. The summed E-state index contributed by atoms with van der Waals surface area (Å²) in [6, 6.07) is 1.25. The first-order valence-electron chi connectivity index (χ1n) is 6.06. The smallest absolute Gasteiger partial charge is 0.268 e. The number of halogens is 1. The van der Waals surface area contributed by atoms with E-state index < -0.39 is 10.0 Å². The van der Waals surface area contributed by atoms with Crippen LogP contribution in [0.1, 0.15) is 24.6 Å². The van der Waals surface area contributed by atoms with Crippen molar-refractivity contribution in [3.05, 3.63) is 21.5 Å². The summed E-state index contributed by atoms with van der Waals surface area (Å²) in [4.78, 5) is -0.0906. The van der Waals surface area contributed by atoms with E-state index in [-0.39, 0.29) is 27.1 Å². The molecule has 0 fully saturated rings. The van der Waals surface area contributed by atoms with E-state index in [1.807, 2.05) is 13.8 Å². The lowest BCUT2D eigenvalue weighted by atomic mass is 10.1. The van der Waals surface area contributed by atoms with Crippen molar-refractivity contribution in [1.82, 2.24) is 10.2 Å². The van der Waals surface area contributed by atoms with Gasteiger partial charge in [0, 0.05) is 12.5 Å².